The molecule has 1 aliphatic heterocycles. The van der Waals surface area contributed by atoms with Crippen LogP contribution < -0.4 is 5.32 Å². The smallest absolute Gasteiger partial charge is 0.270 e. The number of rotatable bonds is 4. The summed E-state index contributed by atoms with van der Waals surface area (Å²) in [6.07, 6.45) is 0. The van der Waals surface area contributed by atoms with Gasteiger partial charge in [-0.3, -0.25) is 24.6 Å². The fraction of sp³-hybridized carbons (Fsp3) is 0.333. The number of nitro groups is 1. The second-order valence-corrected chi connectivity index (χ2v) is 4.29. The summed E-state index contributed by atoms with van der Waals surface area (Å²) in [5.74, 6) is -0.337. The van der Waals surface area contributed by atoms with Crippen LogP contribution in [-0.2, 0) is 4.79 Å². The molecule has 0 aliphatic carbocycles. The van der Waals surface area contributed by atoms with Gasteiger partial charge in [0.25, 0.3) is 5.69 Å². The topological polar surface area (TPSA) is 92.5 Å². The Bertz CT molecular complexity index is 529. The predicted octanol–water partition coefficient (Wildman–Crippen LogP) is 0.209. The van der Waals surface area contributed by atoms with Crippen LogP contribution >= 0.6 is 0 Å². The zero-order valence-electron chi connectivity index (χ0n) is 10.2. The number of hydrogen-bond donors (Lipinski definition) is 1. The van der Waals surface area contributed by atoms with Gasteiger partial charge >= 0.3 is 0 Å². The van der Waals surface area contributed by atoms with E-state index in [1.807, 2.05) is 0 Å². The van der Waals surface area contributed by atoms with Crippen molar-refractivity contribution >= 4 is 17.4 Å². The van der Waals surface area contributed by atoms with Crippen LogP contribution in [0.25, 0.3) is 0 Å². The van der Waals surface area contributed by atoms with E-state index in [1.54, 1.807) is 11.0 Å². The van der Waals surface area contributed by atoms with E-state index in [0.717, 1.165) is 0 Å². The number of piperazine rings is 1. The Hall–Kier alpha value is -2.28. The van der Waals surface area contributed by atoms with Gasteiger partial charge in [0, 0.05) is 30.8 Å². The maximum absolute atomic E-state index is 12.0. The lowest BCUT2D eigenvalue weighted by atomic mass is 10.1. The first-order valence-electron chi connectivity index (χ1n) is 5.83. The van der Waals surface area contributed by atoms with Gasteiger partial charge in [-0.15, -0.1) is 0 Å². The number of carbonyl (C=O) groups excluding carboxylic acids is 2. The molecule has 1 aromatic carbocycles. The number of amides is 1. The molecule has 1 amide bonds. The molecule has 0 atom stereocenters. The van der Waals surface area contributed by atoms with Gasteiger partial charge in [-0.25, -0.2) is 0 Å². The van der Waals surface area contributed by atoms with Gasteiger partial charge in [-0.05, 0) is 0 Å². The molecule has 2 rings (SSSR count). The first kappa shape index (κ1) is 13.2. The normalized spacial score (nSPS) is 15.9. The number of carbonyl (C=O) groups is 2. The molecule has 100 valence electrons. The molecular formula is C12H13N3O4. The molecule has 1 fully saturated rings. The lowest BCUT2D eigenvalue weighted by Crippen LogP contribution is -2.49. The maximum atomic E-state index is 12.0. The second kappa shape index (κ2) is 5.57. The Kier molecular flexibility index (Phi) is 3.86. The van der Waals surface area contributed by atoms with Crippen molar-refractivity contribution in [3.8, 4) is 0 Å². The van der Waals surface area contributed by atoms with E-state index in [-0.39, 0.29) is 30.5 Å². The molecular weight excluding hydrogens is 250 g/mol. The summed E-state index contributed by atoms with van der Waals surface area (Å²) in [4.78, 5) is 35.0. The van der Waals surface area contributed by atoms with Crippen molar-refractivity contribution in [1.29, 1.82) is 0 Å². The summed E-state index contributed by atoms with van der Waals surface area (Å²) in [5.41, 5.74) is 0.183. The third-order valence-corrected chi connectivity index (χ3v) is 2.86. The van der Waals surface area contributed by atoms with Crippen molar-refractivity contribution in [1.82, 2.24) is 10.2 Å². The largest absolute Gasteiger partial charge is 0.354 e. The predicted molar refractivity (Wildman–Crippen MR) is 66.9 cm³/mol. The van der Waals surface area contributed by atoms with Crippen LogP contribution in [0.3, 0.4) is 0 Å². The van der Waals surface area contributed by atoms with E-state index in [2.05, 4.69) is 5.32 Å². The number of nitrogens with zero attached hydrogens (tertiary/aromatic N) is 2. The van der Waals surface area contributed by atoms with E-state index in [0.29, 0.717) is 18.7 Å². The highest BCUT2D eigenvalue weighted by molar-refractivity contribution is 5.98. The summed E-state index contributed by atoms with van der Waals surface area (Å²) >= 11 is 0. The van der Waals surface area contributed by atoms with Crippen LogP contribution in [-0.4, -0.2) is 47.7 Å². The quantitative estimate of drug-likeness (QED) is 0.476. The summed E-state index contributed by atoms with van der Waals surface area (Å²) in [6.45, 7) is 1.39. The van der Waals surface area contributed by atoms with Crippen molar-refractivity contribution in [2.24, 2.45) is 0 Å². The van der Waals surface area contributed by atoms with Gasteiger partial charge < -0.3 is 5.32 Å². The molecule has 7 nitrogen and oxygen atoms in total. The molecule has 19 heavy (non-hydrogen) atoms. The van der Waals surface area contributed by atoms with Crippen molar-refractivity contribution in [2.45, 2.75) is 0 Å². The third kappa shape index (κ3) is 3.35. The molecule has 1 aliphatic rings. The van der Waals surface area contributed by atoms with Gasteiger partial charge in [-0.1, -0.05) is 12.1 Å². The fourth-order valence-corrected chi connectivity index (χ4v) is 1.91. The Labute approximate surface area is 109 Å². The number of non-ortho nitro benzene ring substituents is 1. The number of nitro benzene ring substituents is 1. The summed E-state index contributed by atoms with van der Waals surface area (Å²) in [6, 6.07) is 5.62. The Morgan fingerprint density at radius 1 is 1.47 bits per heavy atom. The van der Waals surface area contributed by atoms with Gasteiger partial charge in [0.1, 0.15) is 0 Å². The van der Waals surface area contributed by atoms with Crippen LogP contribution in [0.1, 0.15) is 10.4 Å². The third-order valence-electron chi connectivity index (χ3n) is 2.86. The van der Waals surface area contributed by atoms with Crippen LogP contribution in [0.4, 0.5) is 5.69 Å². The molecule has 1 heterocycles. The van der Waals surface area contributed by atoms with Crippen LogP contribution in [0, 0.1) is 10.1 Å². The highest BCUT2D eigenvalue weighted by atomic mass is 16.6. The van der Waals surface area contributed by atoms with Gasteiger partial charge in [0.2, 0.25) is 5.91 Å². The molecule has 1 saturated heterocycles. The zero-order valence-corrected chi connectivity index (χ0v) is 10.2. The SMILES string of the molecule is O=C1CN(CC(=O)c2cccc([N+](=O)[O-])c2)CCN1. The van der Waals surface area contributed by atoms with E-state index in [9.17, 15) is 19.7 Å². The Morgan fingerprint density at radius 2 is 2.26 bits per heavy atom. The molecule has 1 aromatic rings. The van der Waals surface area contributed by atoms with Crippen molar-refractivity contribution < 1.29 is 14.5 Å². The first-order chi connectivity index (χ1) is 9.06. The van der Waals surface area contributed by atoms with E-state index < -0.39 is 4.92 Å². The van der Waals surface area contributed by atoms with Gasteiger partial charge in [0.15, 0.2) is 5.78 Å². The Balaban J connectivity index is 2.05. The van der Waals surface area contributed by atoms with Crippen LogP contribution in [0.2, 0.25) is 0 Å². The molecule has 0 radical (unpaired) electrons. The van der Waals surface area contributed by atoms with Crippen molar-refractivity contribution in [3.63, 3.8) is 0 Å². The highest BCUT2D eigenvalue weighted by Gasteiger charge is 2.20. The Morgan fingerprint density at radius 3 is 2.95 bits per heavy atom. The van der Waals surface area contributed by atoms with Gasteiger partial charge in [0.05, 0.1) is 18.0 Å². The maximum Gasteiger partial charge on any atom is 0.270 e. The lowest BCUT2D eigenvalue weighted by Gasteiger charge is -2.25. The van der Waals surface area contributed by atoms with Crippen LogP contribution in [0.5, 0.6) is 0 Å². The molecule has 0 unspecified atom stereocenters. The molecule has 0 aromatic heterocycles. The lowest BCUT2D eigenvalue weighted by molar-refractivity contribution is -0.384. The minimum Gasteiger partial charge on any atom is -0.354 e. The number of hydrogen-bond acceptors (Lipinski definition) is 5. The van der Waals surface area contributed by atoms with E-state index in [4.69, 9.17) is 0 Å². The van der Waals surface area contributed by atoms with Crippen LogP contribution in [0.15, 0.2) is 24.3 Å². The van der Waals surface area contributed by atoms with Crippen molar-refractivity contribution in [2.75, 3.05) is 26.2 Å². The van der Waals surface area contributed by atoms with Gasteiger partial charge in [-0.2, -0.15) is 0 Å². The average Bonchev–Trinajstić information content (AvgIpc) is 2.39. The number of Topliss-reactive ketones (excluding diaryl/α,β-unsaturated/α-hetero) is 1. The standard InChI is InChI=1S/C12H13N3O4/c16-11(7-14-5-4-13-12(17)8-14)9-2-1-3-10(6-9)15(18)19/h1-3,6H,4-5,7-8H2,(H,13,17). The first-order valence-corrected chi connectivity index (χ1v) is 5.83. The fourth-order valence-electron chi connectivity index (χ4n) is 1.91. The number of nitrogens with one attached hydrogen (secondary N) is 1. The molecule has 1 N–H and O–H groups in total. The van der Waals surface area contributed by atoms with Crippen molar-refractivity contribution in [3.05, 3.63) is 39.9 Å². The number of ketones is 1. The molecule has 7 heteroatoms. The number of benzene rings is 1. The molecule has 0 bridgehead atoms. The molecule has 0 spiro atoms. The minimum atomic E-state index is -0.537. The highest BCUT2D eigenvalue weighted by Crippen LogP contribution is 2.14. The van der Waals surface area contributed by atoms with E-state index >= 15 is 0 Å². The molecule has 0 saturated carbocycles. The summed E-state index contributed by atoms with van der Waals surface area (Å²) in [5, 5.41) is 13.3. The zero-order chi connectivity index (χ0) is 13.8. The summed E-state index contributed by atoms with van der Waals surface area (Å²) in [7, 11) is 0. The van der Waals surface area contributed by atoms with E-state index in [1.165, 1.54) is 18.2 Å². The second-order valence-electron chi connectivity index (χ2n) is 4.29. The monoisotopic (exact) mass is 263 g/mol. The average molecular weight is 263 g/mol. The summed E-state index contributed by atoms with van der Waals surface area (Å²) < 4.78 is 0. The minimum absolute atomic E-state index is 0.0919.